The Labute approximate surface area is 224 Å². The number of halogens is 2. The van der Waals surface area contributed by atoms with Crippen molar-refractivity contribution in [2.75, 3.05) is 16.4 Å². The number of hydrogen-bond donors (Lipinski definition) is 3. The summed E-state index contributed by atoms with van der Waals surface area (Å²) in [5.74, 6) is -1.82. The lowest BCUT2D eigenvalue weighted by atomic mass is 10.1. The minimum atomic E-state index is -1.18. The van der Waals surface area contributed by atoms with E-state index >= 15 is 0 Å². The van der Waals surface area contributed by atoms with Gasteiger partial charge >= 0.3 is 5.97 Å². The highest BCUT2D eigenvalue weighted by Crippen LogP contribution is 2.30. The van der Waals surface area contributed by atoms with Crippen molar-refractivity contribution >= 4 is 74.9 Å². The van der Waals surface area contributed by atoms with Crippen LogP contribution < -0.4 is 10.6 Å². The van der Waals surface area contributed by atoms with Gasteiger partial charge in [0.25, 0.3) is 5.91 Å². The van der Waals surface area contributed by atoms with Crippen LogP contribution in [-0.2, 0) is 4.79 Å². The third-order valence-electron chi connectivity index (χ3n) is 4.83. The van der Waals surface area contributed by atoms with Crippen LogP contribution >= 0.6 is 46.3 Å². The molecule has 0 radical (unpaired) electrons. The molecule has 182 valence electrons. The third kappa shape index (κ3) is 6.44. The molecule has 0 bridgehead atoms. The summed E-state index contributed by atoms with van der Waals surface area (Å²) < 4.78 is 0. The number of carbonyl (C=O) groups is 3. The molecule has 36 heavy (non-hydrogen) atoms. The van der Waals surface area contributed by atoms with Gasteiger partial charge < -0.3 is 15.7 Å². The molecular weight excluding hydrogens is 541 g/mol. The Morgan fingerprint density at radius 1 is 0.917 bits per heavy atom. The molecule has 0 saturated carbocycles. The number of carbonyl (C=O) groups excluding carboxylic acids is 2. The SMILES string of the molecule is O=C(CSc1cccc(NC(=O)c2ccccc2C(=O)O)c1)Nc1nc(-c2ccc(Cl)c(Cl)c2)cs1. The lowest BCUT2D eigenvalue weighted by Crippen LogP contribution is -2.16. The Bertz CT molecular complexity index is 1460. The number of carboxylic acid groups (broad SMARTS) is 1. The van der Waals surface area contributed by atoms with Crippen LogP contribution in [0, 0.1) is 0 Å². The third-order valence-corrected chi connectivity index (χ3v) is 7.32. The van der Waals surface area contributed by atoms with Crippen molar-refractivity contribution in [1.82, 2.24) is 4.98 Å². The summed E-state index contributed by atoms with van der Waals surface area (Å²) in [4.78, 5) is 41.6. The molecule has 0 spiro atoms. The molecule has 4 rings (SSSR count). The second-order valence-corrected chi connectivity index (χ2v) is 10.1. The standard InChI is InChI=1S/C25H17Cl2N3O4S2/c26-19-9-8-14(10-20(19)27)21-12-36-25(29-21)30-22(31)13-35-16-5-3-4-15(11-16)28-23(32)17-6-1-2-7-18(17)24(33)34/h1-12H,13H2,(H,28,32)(H,33,34)(H,29,30,31). The van der Waals surface area contributed by atoms with Crippen LogP contribution in [0.15, 0.2) is 77.0 Å². The number of benzene rings is 3. The van der Waals surface area contributed by atoms with Gasteiger partial charge in [0.15, 0.2) is 5.13 Å². The molecule has 1 heterocycles. The van der Waals surface area contributed by atoms with Gasteiger partial charge in [-0.05, 0) is 42.5 Å². The maximum absolute atomic E-state index is 12.6. The fraction of sp³-hybridized carbons (Fsp3) is 0.0400. The maximum Gasteiger partial charge on any atom is 0.336 e. The average Bonchev–Trinajstić information content (AvgIpc) is 3.33. The number of aromatic carboxylic acids is 1. The largest absolute Gasteiger partial charge is 0.478 e. The summed E-state index contributed by atoms with van der Waals surface area (Å²) in [6, 6.07) is 18.1. The topological polar surface area (TPSA) is 108 Å². The van der Waals surface area contributed by atoms with Gasteiger partial charge in [-0.25, -0.2) is 9.78 Å². The normalized spacial score (nSPS) is 10.6. The number of aromatic nitrogens is 1. The van der Waals surface area contributed by atoms with Crippen molar-refractivity contribution in [3.05, 3.63) is 93.3 Å². The summed E-state index contributed by atoms with van der Waals surface area (Å²) >= 11 is 14.6. The zero-order valence-corrected chi connectivity index (χ0v) is 21.5. The van der Waals surface area contributed by atoms with Crippen LogP contribution in [0.5, 0.6) is 0 Å². The van der Waals surface area contributed by atoms with Gasteiger partial charge in [0.2, 0.25) is 5.91 Å². The summed E-state index contributed by atoms with van der Waals surface area (Å²) in [6.45, 7) is 0. The molecule has 0 saturated heterocycles. The van der Waals surface area contributed by atoms with Crippen molar-refractivity contribution in [2.45, 2.75) is 4.90 Å². The summed E-state index contributed by atoms with van der Waals surface area (Å²) in [7, 11) is 0. The van der Waals surface area contributed by atoms with E-state index in [4.69, 9.17) is 23.2 Å². The number of carboxylic acids is 1. The zero-order valence-electron chi connectivity index (χ0n) is 18.3. The first-order valence-corrected chi connectivity index (χ1v) is 13.0. The number of hydrogen-bond acceptors (Lipinski definition) is 6. The Morgan fingerprint density at radius 3 is 2.44 bits per heavy atom. The molecular formula is C25H17Cl2N3O4S2. The van der Waals surface area contributed by atoms with E-state index in [0.29, 0.717) is 26.6 Å². The fourth-order valence-corrected chi connectivity index (χ4v) is 4.94. The first-order valence-electron chi connectivity index (χ1n) is 10.4. The molecule has 3 N–H and O–H groups in total. The van der Waals surface area contributed by atoms with Crippen molar-refractivity contribution in [3.8, 4) is 11.3 Å². The average molecular weight is 558 g/mol. The van der Waals surface area contributed by atoms with Crippen LogP contribution in [0.3, 0.4) is 0 Å². The van der Waals surface area contributed by atoms with E-state index in [1.807, 2.05) is 11.4 Å². The monoisotopic (exact) mass is 557 g/mol. The van der Waals surface area contributed by atoms with Crippen LogP contribution in [-0.4, -0.2) is 33.6 Å². The van der Waals surface area contributed by atoms with E-state index in [1.165, 1.54) is 35.2 Å². The predicted octanol–water partition coefficient (Wildman–Crippen LogP) is 6.80. The number of anilines is 2. The van der Waals surface area contributed by atoms with E-state index in [1.54, 1.807) is 48.5 Å². The molecule has 0 unspecified atom stereocenters. The van der Waals surface area contributed by atoms with Crippen molar-refractivity contribution in [3.63, 3.8) is 0 Å². The lowest BCUT2D eigenvalue weighted by Gasteiger charge is -2.09. The second-order valence-electron chi connectivity index (χ2n) is 7.34. The van der Waals surface area contributed by atoms with Gasteiger partial charge in [-0.1, -0.05) is 47.5 Å². The smallest absolute Gasteiger partial charge is 0.336 e. The highest BCUT2D eigenvalue weighted by molar-refractivity contribution is 8.00. The van der Waals surface area contributed by atoms with Crippen LogP contribution in [0.1, 0.15) is 20.7 Å². The molecule has 0 fully saturated rings. The van der Waals surface area contributed by atoms with E-state index in [9.17, 15) is 19.5 Å². The second kappa shape index (κ2) is 11.6. The Hall–Kier alpha value is -3.37. The predicted molar refractivity (Wildman–Crippen MR) is 145 cm³/mol. The number of thioether (sulfide) groups is 1. The minimum Gasteiger partial charge on any atom is -0.478 e. The molecule has 7 nitrogen and oxygen atoms in total. The van der Waals surface area contributed by atoms with Gasteiger partial charge in [0.1, 0.15) is 0 Å². The Balaban J connectivity index is 1.34. The van der Waals surface area contributed by atoms with Gasteiger partial charge in [0, 0.05) is 21.5 Å². The highest BCUT2D eigenvalue weighted by Gasteiger charge is 2.16. The van der Waals surface area contributed by atoms with Crippen LogP contribution in [0.2, 0.25) is 10.0 Å². The molecule has 1 aromatic heterocycles. The molecule has 4 aromatic rings. The van der Waals surface area contributed by atoms with Gasteiger partial charge in [0.05, 0.1) is 32.6 Å². The maximum atomic E-state index is 12.6. The molecule has 0 aliphatic heterocycles. The van der Waals surface area contributed by atoms with Crippen molar-refractivity contribution < 1.29 is 19.5 Å². The quantitative estimate of drug-likeness (QED) is 0.205. The number of nitrogens with one attached hydrogen (secondary N) is 2. The first kappa shape index (κ1) is 25.7. The molecule has 3 aromatic carbocycles. The lowest BCUT2D eigenvalue weighted by molar-refractivity contribution is -0.113. The summed E-state index contributed by atoms with van der Waals surface area (Å²) in [5, 5.41) is 17.9. The first-order chi connectivity index (χ1) is 17.3. The molecule has 11 heteroatoms. The molecule has 0 aliphatic rings. The number of thiazole rings is 1. The van der Waals surface area contributed by atoms with Crippen molar-refractivity contribution in [1.29, 1.82) is 0 Å². The Kier molecular flexibility index (Phi) is 8.27. The summed E-state index contributed by atoms with van der Waals surface area (Å²) in [6.07, 6.45) is 0. The minimum absolute atomic E-state index is 0.0612. The molecule has 0 aliphatic carbocycles. The summed E-state index contributed by atoms with van der Waals surface area (Å²) in [5.41, 5.74) is 1.93. The van der Waals surface area contributed by atoms with Crippen molar-refractivity contribution in [2.24, 2.45) is 0 Å². The molecule has 0 atom stereocenters. The van der Waals surface area contributed by atoms with Gasteiger partial charge in [-0.2, -0.15) is 0 Å². The van der Waals surface area contributed by atoms with Gasteiger partial charge in [-0.3, -0.25) is 9.59 Å². The fourth-order valence-electron chi connectivity index (χ4n) is 3.15. The molecule has 2 amide bonds. The zero-order chi connectivity index (χ0) is 25.7. The van der Waals surface area contributed by atoms with E-state index in [0.717, 1.165) is 10.5 Å². The number of amides is 2. The number of rotatable bonds is 8. The highest BCUT2D eigenvalue weighted by atomic mass is 35.5. The Morgan fingerprint density at radius 2 is 1.69 bits per heavy atom. The van der Waals surface area contributed by atoms with Crippen LogP contribution in [0.25, 0.3) is 11.3 Å². The van der Waals surface area contributed by atoms with E-state index in [2.05, 4.69) is 15.6 Å². The number of nitrogens with zero attached hydrogens (tertiary/aromatic N) is 1. The van der Waals surface area contributed by atoms with E-state index < -0.39 is 11.9 Å². The van der Waals surface area contributed by atoms with E-state index in [-0.39, 0.29) is 22.8 Å². The van der Waals surface area contributed by atoms with Crippen LogP contribution in [0.4, 0.5) is 10.8 Å². The van der Waals surface area contributed by atoms with Gasteiger partial charge in [-0.15, -0.1) is 23.1 Å².